The molecule has 1 heterocycles. The number of hydrogen-bond acceptors (Lipinski definition) is 7. The summed E-state index contributed by atoms with van der Waals surface area (Å²) in [5.74, 6) is -0.485. The number of benzene rings is 2. The average Bonchev–Trinajstić information content (AvgIpc) is 2.72. The van der Waals surface area contributed by atoms with Crippen LogP contribution in [0.25, 0.3) is 0 Å². The van der Waals surface area contributed by atoms with Crippen LogP contribution >= 0.6 is 27.5 Å². The lowest BCUT2D eigenvalue weighted by Crippen LogP contribution is -2.32. The summed E-state index contributed by atoms with van der Waals surface area (Å²) in [6.45, 7) is 0. The molecule has 6 N–H and O–H groups in total. The number of carbonyl (C=O) groups is 2. The first-order chi connectivity index (χ1) is 14.0. The van der Waals surface area contributed by atoms with E-state index in [4.69, 9.17) is 17.3 Å². The fourth-order valence-electron chi connectivity index (χ4n) is 2.21. The number of anilines is 3. The van der Waals surface area contributed by atoms with E-state index in [1.807, 2.05) is 0 Å². The second kappa shape index (κ2) is 9.22. The minimum absolute atomic E-state index is 0.0938. The number of halogens is 2. The Morgan fingerprint density at radius 2 is 1.48 bits per heavy atom. The fourth-order valence-corrected chi connectivity index (χ4v) is 2.80. The van der Waals surface area contributed by atoms with Crippen LogP contribution in [0.15, 0.2) is 59.3 Å². The van der Waals surface area contributed by atoms with Crippen LogP contribution in [0.4, 0.5) is 17.3 Å². The van der Waals surface area contributed by atoms with Crippen LogP contribution in [-0.4, -0.2) is 21.8 Å². The van der Waals surface area contributed by atoms with Crippen molar-refractivity contribution in [2.45, 2.75) is 0 Å². The molecule has 0 saturated carbocycles. The summed E-state index contributed by atoms with van der Waals surface area (Å²) in [7, 11) is 0. The molecule has 0 bridgehead atoms. The summed E-state index contributed by atoms with van der Waals surface area (Å²) in [6.07, 6.45) is 1.22. The van der Waals surface area contributed by atoms with Crippen molar-refractivity contribution in [3.63, 3.8) is 0 Å². The highest BCUT2D eigenvalue weighted by atomic mass is 79.9. The maximum absolute atomic E-state index is 12.3. The Balaban J connectivity index is 1.63. The number of nitrogens with zero attached hydrogens (tertiary/aromatic N) is 2. The molecule has 3 rings (SSSR count). The summed E-state index contributed by atoms with van der Waals surface area (Å²) in [5.41, 5.74) is 17.2. The number of nitrogens with two attached hydrogens (primary N) is 1. The number of nitrogen functional groups attached to an aromatic ring is 1. The Morgan fingerprint density at radius 1 is 0.897 bits per heavy atom. The van der Waals surface area contributed by atoms with Gasteiger partial charge in [-0.3, -0.25) is 31.3 Å². The number of nitrogens with one attached hydrogen (secondary N) is 4. The van der Waals surface area contributed by atoms with Gasteiger partial charge in [-0.05, 0) is 52.3 Å². The maximum atomic E-state index is 12.3. The molecular formula is C18H15BrClN7O2. The third-order valence-corrected chi connectivity index (χ3v) is 4.64. The lowest BCUT2D eigenvalue weighted by atomic mass is 10.2. The highest BCUT2D eigenvalue weighted by Crippen LogP contribution is 2.21. The van der Waals surface area contributed by atoms with Crippen LogP contribution < -0.4 is 27.4 Å². The predicted molar refractivity (Wildman–Crippen MR) is 114 cm³/mol. The number of aromatic nitrogens is 2. The van der Waals surface area contributed by atoms with Crippen molar-refractivity contribution in [3.8, 4) is 0 Å². The van der Waals surface area contributed by atoms with Crippen molar-refractivity contribution in [1.82, 2.24) is 20.8 Å². The zero-order chi connectivity index (χ0) is 20.8. The topological polar surface area (TPSA) is 134 Å². The Morgan fingerprint density at radius 3 is 2.10 bits per heavy atom. The molecule has 3 aromatic rings. The number of hydrogen-bond donors (Lipinski definition) is 5. The molecule has 0 aliphatic heterocycles. The van der Waals surface area contributed by atoms with Gasteiger partial charge in [-0.15, -0.1) is 0 Å². The van der Waals surface area contributed by atoms with Gasteiger partial charge in [0.05, 0.1) is 5.56 Å². The second-order valence-corrected chi connectivity index (χ2v) is 6.92. The molecule has 11 heteroatoms. The quantitative estimate of drug-likeness (QED) is 0.345. The summed E-state index contributed by atoms with van der Waals surface area (Å²) in [6, 6.07) is 13.3. The number of amides is 2. The minimum Gasteiger partial charge on any atom is -0.393 e. The van der Waals surface area contributed by atoms with Gasteiger partial charge in [0.2, 0.25) is 0 Å². The van der Waals surface area contributed by atoms with Gasteiger partial charge in [0.1, 0.15) is 12.0 Å². The van der Waals surface area contributed by atoms with Gasteiger partial charge in [0.25, 0.3) is 11.8 Å². The summed E-state index contributed by atoms with van der Waals surface area (Å²) < 4.78 is 0.641. The molecule has 0 spiro atoms. The highest BCUT2D eigenvalue weighted by molar-refractivity contribution is 9.10. The number of hydrazine groups is 2. The molecule has 0 aliphatic rings. The Labute approximate surface area is 179 Å². The van der Waals surface area contributed by atoms with E-state index in [0.717, 1.165) is 0 Å². The molecule has 0 aliphatic carbocycles. The van der Waals surface area contributed by atoms with Crippen molar-refractivity contribution < 1.29 is 9.59 Å². The fraction of sp³-hybridized carbons (Fsp3) is 0. The molecule has 1 aromatic heterocycles. The summed E-state index contributed by atoms with van der Waals surface area (Å²) >= 11 is 9.12. The molecule has 0 fully saturated rings. The van der Waals surface area contributed by atoms with Crippen molar-refractivity contribution >= 4 is 56.7 Å². The zero-order valence-electron chi connectivity index (χ0n) is 14.7. The van der Waals surface area contributed by atoms with Gasteiger partial charge in [0.15, 0.2) is 11.6 Å². The molecule has 148 valence electrons. The molecule has 0 radical (unpaired) electrons. The molecular weight excluding hydrogens is 462 g/mol. The van der Waals surface area contributed by atoms with E-state index in [1.54, 1.807) is 48.5 Å². The first kappa shape index (κ1) is 20.4. The molecule has 9 nitrogen and oxygen atoms in total. The van der Waals surface area contributed by atoms with Crippen LogP contribution in [-0.2, 0) is 0 Å². The van der Waals surface area contributed by atoms with E-state index in [1.165, 1.54) is 6.33 Å². The van der Waals surface area contributed by atoms with Crippen LogP contribution in [0.3, 0.4) is 0 Å². The average molecular weight is 477 g/mol. The first-order valence-electron chi connectivity index (χ1n) is 8.19. The van der Waals surface area contributed by atoms with Crippen molar-refractivity contribution in [2.24, 2.45) is 0 Å². The van der Waals surface area contributed by atoms with Crippen LogP contribution in [0, 0.1) is 0 Å². The van der Waals surface area contributed by atoms with Gasteiger partial charge in [-0.25, -0.2) is 9.97 Å². The monoisotopic (exact) mass is 475 g/mol. The van der Waals surface area contributed by atoms with Crippen molar-refractivity contribution in [1.29, 1.82) is 0 Å². The van der Waals surface area contributed by atoms with E-state index in [-0.39, 0.29) is 23.2 Å². The second-order valence-electron chi connectivity index (χ2n) is 5.63. The standard InChI is InChI=1S/C18H15BrClN7O2/c19-13-4-2-1-3-12(13)18(29)27-25-16-14(21)15(22-9-23-16)24-26-17(28)10-5-7-11(20)8-6-10/h1-9H,21H2,(H,26,28)(H,27,29)(H2,22,23,24,25). The van der Waals surface area contributed by atoms with Gasteiger partial charge >= 0.3 is 0 Å². The normalized spacial score (nSPS) is 10.1. The molecule has 29 heavy (non-hydrogen) atoms. The highest BCUT2D eigenvalue weighted by Gasteiger charge is 2.13. The van der Waals surface area contributed by atoms with E-state index < -0.39 is 5.91 Å². The number of rotatable bonds is 6. The van der Waals surface area contributed by atoms with Crippen LogP contribution in [0.1, 0.15) is 20.7 Å². The maximum Gasteiger partial charge on any atom is 0.270 e. The third-order valence-electron chi connectivity index (χ3n) is 3.70. The molecule has 0 saturated heterocycles. The molecule has 0 unspecified atom stereocenters. The molecule has 0 atom stereocenters. The Kier molecular flexibility index (Phi) is 6.47. The van der Waals surface area contributed by atoms with E-state index in [9.17, 15) is 9.59 Å². The third kappa shape index (κ3) is 5.12. The SMILES string of the molecule is Nc1c(NNC(=O)c2ccc(Cl)cc2)ncnc1NNC(=O)c1ccccc1Br. The van der Waals surface area contributed by atoms with Crippen LogP contribution in [0.5, 0.6) is 0 Å². The lowest BCUT2D eigenvalue weighted by molar-refractivity contribution is 0.0954. The van der Waals surface area contributed by atoms with Gasteiger partial charge in [-0.1, -0.05) is 23.7 Å². The van der Waals surface area contributed by atoms with Gasteiger partial charge in [0, 0.05) is 15.1 Å². The Bertz CT molecular complexity index is 1050. The van der Waals surface area contributed by atoms with E-state index >= 15 is 0 Å². The van der Waals surface area contributed by atoms with Gasteiger partial charge in [-0.2, -0.15) is 0 Å². The smallest absolute Gasteiger partial charge is 0.270 e. The lowest BCUT2D eigenvalue weighted by Gasteiger charge is -2.14. The summed E-state index contributed by atoms with van der Waals surface area (Å²) in [4.78, 5) is 32.4. The minimum atomic E-state index is -0.406. The number of carbonyl (C=O) groups excluding carboxylic acids is 2. The van der Waals surface area contributed by atoms with Crippen molar-refractivity contribution in [3.05, 3.63) is 75.5 Å². The molecule has 2 aromatic carbocycles. The van der Waals surface area contributed by atoms with Gasteiger partial charge < -0.3 is 5.73 Å². The zero-order valence-corrected chi connectivity index (χ0v) is 17.1. The first-order valence-corrected chi connectivity index (χ1v) is 9.36. The van der Waals surface area contributed by atoms with Crippen molar-refractivity contribution in [2.75, 3.05) is 16.6 Å². The Hall–Kier alpha value is -3.37. The summed E-state index contributed by atoms with van der Waals surface area (Å²) in [5, 5.41) is 0.523. The molecule has 2 amide bonds. The predicted octanol–water partition coefficient (Wildman–Crippen LogP) is 2.99. The van der Waals surface area contributed by atoms with E-state index in [0.29, 0.717) is 20.6 Å². The van der Waals surface area contributed by atoms with Crippen LogP contribution in [0.2, 0.25) is 5.02 Å². The largest absolute Gasteiger partial charge is 0.393 e. The van der Waals surface area contributed by atoms with E-state index in [2.05, 4.69) is 47.6 Å².